The molecule has 0 bridgehead atoms. The minimum absolute atomic E-state index is 0.273. The van der Waals surface area contributed by atoms with Gasteiger partial charge in [0.05, 0.1) is 10.2 Å². The molecule has 0 spiro atoms. The van der Waals surface area contributed by atoms with E-state index in [-0.39, 0.29) is 6.03 Å². The Morgan fingerprint density at radius 3 is 2.69 bits per heavy atom. The molecule has 0 unspecified atom stereocenters. The fourth-order valence-corrected chi connectivity index (χ4v) is 4.60. The summed E-state index contributed by atoms with van der Waals surface area (Å²) >= 11 is 1.52. The van der Waals surface area contributed by atoms with E-state index in [0.717, 1.165) is 34.3 Å². The summed E-state index contributed by atoms with van der Waals surface area (Å²) in [7, 11) is 0. The Morgan fingerprint density at radius 1 is 1.04 bits per heavy atom. The predicted molar refractivity (Wildman–Crippen MR) is 108 cm³/mol. The molecule has 4 aromatic rings. The quantitative estimate of drug-likeness (QED) is 0.496. The van der Waals surface area contributed by atoms with Gasteiger partial charge in [0, 0.05) is 11.1 Å². The highest BCUT2D eigenvalue weighted by Crippen LogP contribution is 2.39. The minimum atomic E-state index is -0.273. The highest BCUT2D eigenvalue weighted by Gasteiger charge is 2.18. The highest BCUT2D eigenvalue weighted by atomic mass is 32.1. The molecule has 3 aromatic carbocycles. The van der Waals surface area contributed by atoms with Gasteiger partial charge in [-0.2, -0.15) is 0 Å². The lowest BCUT2D eigenvalue weighted by molar-refractivity contribution is 0.262. The molecular formula is C21H17N3OS. The van der Waals surface area contributed by atoms with Gasteiger partial charge >= 0.3 is 6.03 Å². The average molecular weight is 359 g/mol. The summed E-state index contributed by atoms with van der Waals surface area (Å²) in [4.78, 5) is 17.0. The second-order valence-electron chi connectivity index (χ2n) is 6.69. The molecule has 0 atom stereocenters. The number of urea groups is 1. The molecule has 0 saturated heterocycles. The number of anilines is 2. The van der Waals surface area contributed by atoms with E-state index in [4.69, 9.17) is 4.98 Å². The van der Waals surface area contributed by atoms with Gasteiger partial charge < -0.3 is 5.32 Å². The number of nitrogens with one attached hydrogen (secondary N) is 2. The van der Waals surface area contributed by atoms with Crippen LogP contribution in [0.15, 0.2) is 48.5 Å². The third-order valence-electron chi connectivity index (χ3n) is 4.88. The number of carbonyl (C=O) groups excluding carboxylic acids is 1. The molecule has 128 valence electrons. The van der Waals surface area contributed by atoms with Crippen LogP contribution in [-0.4, -0.2) is 11.0 Å². The van der Waals surface area contributed by atoms with E-state index < -0.39 is 0 Å². The van der Waals surface area contributed by atoms with Crippen molar-refractivity contribution in [2.24, 2.45) is 0 Å². The Morgan fingerprint density at radius 2 is 1.85 bits per heavy atom. The standard InChI is InChI=1S/C21H17N3OS/c1-12-5-9-15(10-6-12)22-20(25)24-21-23-19-16-4-2-3-13-7-8-14(18(13)16)11-17(19)26-21/h2-6,9-11H,7-8H2,1H3,(H2,22,23,24,25). The zero-order chi connectivity index (χ0) is 17.7. The van der Waals surface area contributed by atoms with Gasteiger partial charge in [-0.3, -0.25) is 5.32 Å². The minimum Gasteiger partial charge on any atom is -0.308 e. The molecule has 4 nitrogen and oxygen atoms in total. The zero-order valence-corrected chi connectivity index (χ0v) is 15.1. The molecule has 0 saturated carbocycles. The predicted octanol–water partition coefficient (Wildman–Crippen LogP) is 5.50. The van der Waals surface area contributed by atoms with Gasteiger partial charge in [0.2, 0.25) is 0 Å². The Labute approximate surface area is 154 Å². The topological polar surface area (TPSA) is 54.0 Å². The van der Waals surface area contributed by atoms with Gasteiger partial charge in [-0.05, 0) is 54.5 Å². The average Bonchev–Trinajstić information content (AvgIpc) is 3.22. The van der Waals surface area contributed by atoms with Crippen LogP contribution in [0.3, 0.4) is 0 Å². The molecule has 5 rings (SSSR count). The lowest BCUT2D eigenvalue weighted by atomic mass is 10.0. The Balaban J connectivity index is 1.47. The van der Waals surface area contributed by atoms with Crippen molar-refractivity contribution in [2.75, 3.05) is 10.6 Å². The van der Waals surface area contributed by atoms with Crippen LogP contribution in [0.4, 0.5) is 15.6 Å². The maximum atomic E-state index is 12.3. The lowest BCUT2D eigenvalue weighted by Gasteiger charge is -2.05. The molecule has 5 heteroatoms. The lowest BCUT2D eigenvalue weighted by Crippen LogP contribution is -2.19. The molecule has 2 amide bonds. The molecule has 1 aromatic heterocycles. The number of aryl methyl sites for hydroxylation is 3. The maximum absolute atomic E-state index is 12.3. The smallest absolute Gasteiger partial charge is 0.308 e. The van der Waals surface area contributed by atoms with E-state index in [1.807, 2.05) is 31.2 Å². The number of thiazole rings is 1. The van der Waals surface area contributed by atoms with E-state index in [9.17, 15) is 4.79 Å². The van der Waals surface area contributed by atoms with Crippen molar-refractivity contribution in [3.05, 3.63) is 65.2 Å². The van der Waals surface area contributed by atoms with E-state index in [2.05, 4.69) is 34.9 Å². The van der Waals surface area contributed by atoms with Crippen molar-refractivity contribution in [3.8, 4) is 0 Å². The van der Waals surface area contributed by atoms with Gasteiger partial charge in [-0.1, -0.05) is 47.2 Å². The molecule has 1 heterocycles. The van der Waals surface area contributed by atoms with E-state index in [0.29, 0.717) is 5.13 Å². The molecule has 2 N–H and O–H groups in total. The van der Waals surface area contributed by atoms with Crippen LogP contribution in [0.5, 0.6) is 0 Å². The van der Waals surface area contributed by atoms with Crippen LogP contribution in [0.25, 0.3) is 21.0 Å². The molecule has 1 aliphatic rings. The number of hydrogen-bond donors (Lipinski definition) is 2. The first-order valence-corrected chi connectivity index (χ1v) is 9.48. The molecule has 26 heavy (non-hydrogen) atoms. The van der Waals surface area contributed by atoms with Gasteiger partial charge in [0.1, 0.15) is 0 Å². The first-order valence-electron chi connectivity index (χ1n) is 8.66. The summed E-state index contributed by atoms with van der Waals surface area (Å²) in [5.41, 5.74) is 5.69. The van der Waals surface area contributed by atoms with Crippen LogP contribution in [0.1, 0.15) is 16.7 Å². The Kier molecular flexibility index (Phi) is 3.43. The number of nitrogens with zero attached hydrogens (tertiary/aromatic N) is 1. The third kappa shape index (κ3) is 2.52. The van der Waals surface area contributed by atoms with E-state index >= 15 is 0 Å². The van der Waals surface area contributed by atoms with Crippen LogP contribution in [0, 0.1) is 6.92 Å². The summed E-state index contributed by atoms with van der Waals surface area (Å²) < 4.78 is 1.12. The third-order valence-corrected chi connectivity index (χ3v) is 5.80. The number of benzene rings is 3. The summed E-state index contributed by atoms with van der Waals surface area (Å²) in [6.45, 7) is 2.02. The van der Waals surface area contributed by atoms with Crippen molar-refractivity contribution < 1.29 is 4.79 Å². The number of hydrogen-bond acceptors (Lipinski definition) is 3. The molecule has 0 aliphatic heterocycles. The first-order chi connectivity index (χ1) is 12.7. The van der Waals surface area contributed by atoms with Gasteiger partial charge in [-0.25, -0.2) is 9.78 Å². The number of rotatable bonds is 2. The fraction of sp³-hybridized carbons (Fsp3) is 0.143. The van der Waals surface area contributed by atoms with Crippen LogP contribution in [0.2, 0.25) is 0 Å². The molecule has 0 radical (unpaired) electrons. The largest absolute Gasteiger partial charge is 0.325 e. The monoisotopic (exact) mass is 359 g/mol. The van der Waals surface area contributed by atoms with E-state index in [1.54, 1.807) is 0 Å². The number of amides is 2. The van der Waals surface area contributed by atoms with Crippen molar-refractivity contribution in [1.29, 1.82) is 0 Å². The number of aromatic nitrogens is 1. The number of carbonyl (C=O) groups is 1. The van der Waals surface area contributed by atoms with Crippen LogP contribution < -0.4 is 10.6 Å². The highest BCUT2D eigenvalue weighted by molar-refractivity contribution is 7.22. The van der Waals surface area contributed by atoms with Crippen molar-refractivity contribution in [1.82, 2.24) is 4.98 Å². The molecular weight excluding hydrogens is 342 g/mol. The fourth-order valence-electron chi connectivity index (χ4n) is 3.65. The van der Waals surface area contributed by atoms with Crippen molar-refractivity contribution in [2.45, 2.75) is 19.8 Å². The summed E-state index contributed by atoms with van der Waals surface area (Å²) in [6, 6.07) is 16.1. The summed E-state index contributed by atoms with van der Waals surface area (Å²) in [5.74, 6) is 0. The van der Waals surface area contributed by atoms with Crippen LogP contribution in [-0.2, 0) is 12.8 Å². The molecule has 0 fully saturated rings. The van der Waals surface area contributed by atoms with Crippen molar-refractivity contribution >= 4 is 49.2 Å². The van der Waals surface area contributed by atoms with Crippen molar-refractivity contribution in [3.63, 3.8) is 0 Å². The second-order valence-corrected chi connectivity index (χ2v) is 7.72. The number of fused-ring (bicyclic) bond motifs is 2. The Bertz CT molecular complexity index is 1160. The maximum Gasteiger partial charge on any atom is 0.325 e. The SMILES string of the molecule is Cc1ccc(NC(=O)Nc2nc3c(cc4c5c(cccc53)CC4)s2)cc1. The normalized spacial score (nSPS) is 12.7. The zero-order valence-electron chi connectivity index (χ0n) is 14.3. The van der Waals surface area contributed by atoms with Crippen LogP contribution >= 0.6 is 11.3 Å². The Hall–Kier alpha value is -2.92. The second kappa shape index (κ2) is 5.81. The van der Waals surface area contributed by atoms with Gasteiger partial charge in [-0.15, -0.1) is 0 Å². The van der Waals surface area contributed by atoms with E-state index in [1.165, 1.54) is 33.2 Å². The first kappa shape index (κ1) is 15.3. The van der Waals surface area contributed by atoms with Gasteiger partial charge in [0.25, 0.3) is 0 Å². The van der Waals surface area contributed by atoms with Gasteiger partial charge in [0.15, 0.2) is 5.13 Å². The molecule has 1 aliphatic carbocycles. The summed E-state index contributed by atoms with van der Waals surface area (Å²) in [6.07, 6.45) is 2.19. The summed E-state index contributed by atoms with van der Waals surface area (Å²) in [5, 5.41) is 8.87.